The number of thioether (sulfide) groups is 1. The molecule has 0 amide bonds. The van der Waals surface area contributed by atoms with E-state index in [1.807, 2.05) is 30.0 Å². The lowest BCUT2D eigenvalue weighted by atomic mass is 10.2. The van der Waals surface area contributed by atoms with E-state index < -0.39 is 0 Å². The molecule has 1 aromatic carbocycles. The predicted octanol–water partition coefficient (Wildman–Crippen LogP) is 2.64. The molecule has 1 saturated heterocycles. The smallest absolute Gasteiger partial charge is 0.183 e. The van der Waals surface area contributed by atoms with Gasteiger partial charge in [0.15, 0.2) is 11.5 Å². The Hall–Kier alpha value is -2.10. The minimum absolute atomic E-state index is 0.306. The normalized spacial score (nSPS) is 15.2. The summed E-state index contributed by atoms with van der Waals surface area (Å²) in [5.41, 5.74) is 2.50. The molecule has 1 fully saturated rings. The number of aromatic nitrogens is 2. The maximum Gasteiger partial charge on any atom is 0.183 e. The largest absolute Gasteiger partial charge is 0.338 e. The first-order valence-electron chi connectivity index (χ1n) is 7.22. The third-order valence-corrected chi connectivity index (χ3v) is 4.45. The SMILES string of the molecule is N#Cc1nccnc1Nc1cccc(CN2CCSCC2)c1. The monoisotopic (exact) mass is 311 g/mol. The second kappa shape index (κ2) is 7.25. The highest BCUT2D eigenvalue weighted by atomic mass is 32.2. The first-order chi connectivity index (χ1) is 10.8. The Labute approximate surface area is 134 Å². The molecule has 2 heterocycles. The van der Waals surface area contributed by atoms with Gasteiger partial charge in [-0.25, -0.2) is 9.97 Å². The summed E-state index contributed by atoms with van der Waals surface area (Å²) < 4.78 is 0. The second-order valence-electron chi connectivity index (χ2n) is 5.08. The number of anilines is 2. The maximum absolute atomic E-state index is 9.07. The molecule has 1 aromatic heterocycles. The van der Waals surface area contributed by atoms with E-state index in [9.17, 15) is 0 Å². The summed E-state index contributed by atoms with van der Waals surface area (Å²) in [7, 11) is 0. The van der Waals surface area contributed by atoms with Crippen LogP contribution in [0.3, 0.4) is 0 Å². The molecule has 3 rings (SSSR count). The quantitative estimate of drug-likeness (QED) is 0.936. The van der Waals surface area contributed by atoms with Crippen LogP contribution >= 0.6 is 11.8 Å². The molecule has 0 atom stereocenters. The molecule has 5 nitrogen and oxygen atoms in total. The van der Waals surface area contributed by atoms with Crippen molar-refractivity contribution in [2.75, 3.05) is 29.9 Å². The molecule has 0 radical (unpaired) electrons. The lowest BCUT2D eigenvalue weighted by Crippen LogP contribution is -2.31. The van der Waals surface area contributed by atoms with Gasteiger partial charge in [-0.05, 0) is 17.7 Å². The van der Waals surface area contributed by atoms with E-state index in [-0.39, 0.29) is 0 Å². The number of hydrogen-bond acceptors (Lipinski definition) is 6. The highest BCUT2D eigenvalue weighted by Gasteiger charge is 2.11. The van der Waals surface area contributed by atoms with Crippen LogP contribution in [0.5, 0.6) is 0 Å². The highest BCUT2D eigenvalue weighted by Crippen LogP contribution is 2.19. The van der Waals surface area contributed by atoms with Crippen molar-refractivity contribution in [3.63, 3.8) is 0 Å². The van der Waals surface area contributed by atoms with E-state index in [4.69, 9.17) is 5.26 Å². The van der Waals surface area contributed by atoms with E-state index in [0.29, 0.717) is 11.5 Å². The van der Waals surface area contributed by atoms with Gasteiger partial charge in [-0.2, -0.15) is 17.0 Å². The summed E-state index contributed by atoms with van der Waals surface area (Å²) >= 11 is 2.02. The third kappa shape index (κ3) is 3.75. The molecule has 0 saturated carbocycles. The van der Waals surface area contributed by atoms with Crippen LogP contribution < -0.4 is 5.32 Å². The maximum atomic E-state index is 9.07. The van der Waals surface area contributed by atoms with Crippen molar-refractivity contribution in [1.29, 1.82) is 5.26 Å². The number of nitrogens with zero attached hydrogens (tertiary/aromatic N) is 4. The molecule has 0 aliphatic carbocycles. The fourth-order valence-electron chi connectivity index (χ4n) is 2.41. The van der Waals surface area contributed by atoms with E-state index in [0.717, 1.165) is 25.3 Å². The van der Waals surface area contributed by atoms with Gasteiger partial charge >= 0.3 is 0 Å². The average molecular weight is 311 g/mol. The van der Waals surface area contributed by atoms with Gasteiger partial charge in [0.05, 0.1) is 0 Å². The fourth-order valence-corrected chi connectivity index (χ4v) is 3.39. The second-order valence-corrected chi connectivity index (χ2v) is 6.30. The standard InChI is InChI=1S/C16H17N5S/c17-11-15-16(19-5-4-18-15)20-14-3-1-2-13(10-14)12-21-6-8-22-9-7-21/h1-5,10H,6-9,12H2,(H,19,20). The number of hydrogen-bond donors (Lipinski definition) is 1. The Bertz CT molecular complexity index is 676. The molecule has 1 N–H and O–H groups in total. The topological polar surface area (TPSA) is 64.8 Å². The molecule has 112 valence electrons. The van der Waals surface area contributed by atoms with Crippen molar-refractivity contribution in [1.82, 2.24) is 14.9 Å². The van der Waals surface area contributed by atoms with Crippen LogP contribution in [0.4, 0.5) is 11.5 Å². The van der Waals surface area contributed by atoms with Gasteiger partial charge < -0.3 is 5.32 Å². The van der Waals surface area contributed by atoms with Gasteiger partial charge in [-0.1, -0.05) is 12.1 Å². The van der Waals surface area contributed by atoms with Gasteiger partial charge in [0.2, 0.25) is 0 Å². The van der Waals surface area contributed by atoms with Crippen molar-refractivity contribution in [3.05, 3.63) is 47.9 Å². The zero-order valence-electron chi connectivity index (χ0n) is 12.2. The highest BCUT2D eigenvalue weighted by molar-refractivity contribution is 7.99. The van der Waals surface area contributed by atoms with Gasteiger partial charge in [0, 0.05) is 49.2 Å². The van der Waals surface area contributed by atoms with E-state index in [1.54, 1.807) is 6.20 Å². The van der Waals surface area contributed by atoms with Crippen LogP contribution in [0.1, 0.15) is 11.3 Å². The molecule has 0 unspecified atom stereocenters. The average Bonchev–Trinajstić information content (AvgIpc) is 2.57. The zero-order chi connectivity index (χ0) is 15.2. The number of benzene rings is 1. The lowest BCUT2D eigenvalue weighted by Gasteiger charge is -2.26. The summed E-state index contributed by atoms with van der Waals surface area (Å²) in [4.78, 5) is 10.7. The van der Waals surface area contributed by atoms with Crippen molar-refractivity contribution in [3.8, 4) is 6.07 Å². The van der Waals surface area contributed by atoms with Crippen LogP contribution in [0.2, 0.25) is 0 Å². The van der Waals surface area contributed by atoms with Crippen molar-refractivity contribution >= 4 is 23.3 Å². The Morgan fingerprint density at radius 1 is 1.23 bits per heavy atom. The van der Waals surface area contributed by atoms with Crippen molar-refractivity contribution < 1.29 is 0 Å². The first kappa shape index (κ1) is 14.8. The van der Waals surface area contributed by atoms with Crippen LogP contribution in [0, 0.1) is 11.3 Å². The number of nitrogens with one attached hydrogen (secondary N) is 1. The fraction of sp³-hybridized carbons (Fsp3) is 0.312. The molecular weight excluding hydrogens is 294 g/mol. The number of nitriles is 1. The number of rotatable bonds is 4. The van der Waals surface area contributed by atoms with Gasteiger partial charge in [0.1, 0.15) is 6.07 Å². The molecule has 22 heavy (non-hydrogen) atoms. The van der Waals surface area contributed by atoms with Crippen LogP contribution in [0.15, 0.2) is 36.7 Å². The zero-order valence-corrected chi connectivity index (χ0v) is 13.0. The predicted molar refractivity (Wildman–Crippen MR) is 89.1 cm³/mol. The third-order valence-electron chi connectivity index (χ3n) is 3.50. The molecule has 1 aliphatic heterocycles. The molecule has 0 spiro atoms. The molecule has 2 aromatic rings. The summed E-state index contributed by atoms with van der Waals surface area (Å²) in [5.74, 6) is 2.92. The first-order valence-corrected chi connectivity index (χ1v) is 8.38. The lowest BCUT2D eigenvalue weighted by molar-refractivity contribution is 0.294. The summed E-state index contributed by atoms with van der Waals surface area (Å²) in [5, 5.41) is 12.2. The Balaban J connectivity index is 1.72. The van der Waals surface area contributed by atoms with E-state index in [1.165, 1.54) is 23.3 Å². The molecule has 6 heteroatoms. The Morgan fingerprint density at radius 2 is 2.05 bits per heavy atom. The van der Waals surface area contributed by atoms with Crippen molar-refractivity contribution in [2.24, 2.45) is 0 Å². The van der Waals surface area contributed by atoms with E-state index >= 15 is 0 Å². The Kier molecular flexibility index (Phi) is 4.88. The van der Waals surface area contributed by atoms with Crippen LogP contribution in [-0.2, 0) is 6.54 Å². The summed E-state index contributed by atoms with van der Waals surface area (Å²) in [6, 6.07) is 10.3. The molecular formula is C16H17N5S. The van der Waals surface area contributed by atoms with Crippen LogP contribution in [-0.4, -0.2) is 39.5 Å². The summed E-state index contributed by atoms with van der Waals surface area (Å²) in [6.07, 6.45) is 3.10. The van der Waals surface area contributed by atoms with Crippen molar-refractivity contribution in [2.45, 2.75) is 6.54 Å². The van der Waals surface area contributed by atoms with Gasteiger partial charge in [-0.3, -0.25) is 4.90 Å². The molecule has 0 bridgehead atoms. The Morgan fingerprint density at radius 3 is 2.86 bits per heavy atom. The minimum atomic E-state index is 0.306. The molecule has 1 aliphatic rings. The summed E-state index contributed by atoms with van der Waals surface area (Å²) in [6.45, 7) is 3.25. The van der Waals surface area contributed by atoms with Gasteiger partial charge in [0.25, 0.3) is 0 Å². The van der Waals surface area contributed by atoms with Gasteiger partial charge in [-0.15, -0.1) is 0 Å². The minimum Gasteiger partial charge on any atom is -0.338 e. The van der Waals surface area contributed by atoms with E-state index in [2.05, 4.69) is 32.3 Å². The van der Waals surface area contributed by atoms with Crippen LogP contribution in [0.25, 0.3) is 0 Å².